The van der Waals surface area contributed by atoms with Crippen LogP contribution in [0.25, 0.3) is 10.8 Å². The summed E-state index contributed by atoms with van der Waals surface area (Å²) >= 11 is 0. The summed E-state index contributed by atoms with van der Waals surface area (Å²) in [6.45, 7) is 7.98. The van der Waals surface area contributed by atoms with Crippen LogP contribution in [0.2, 0.25) is 0 Å². The molecule has 0 spiro atoms. The SMILES string of the molecule is CC.CC.N[C@H](CO)c1ccc2ccccc2c1. The van der Waals surface area contributed by atoms with E-state index in [0.717, 1.165) is 10.9 Å². The maximum atomic E-state index is 8.94. The lowest BCUT2D eigenvalue weighted by molar-refractivity contribution is 0.268. The van der Waals surface area contributed by atoms with Crippen molar-refractivity contribution in [3.8, 4) is 0 Å². The molecule has 0 amide bonds. The molecule has 2 rings (SSSR count). The molecule has 0 saturated heterocycles. The molecule has 100 valence electrons. The fourth-order valence-electron chi connectivity index (χ4n) is 1.54. The van der Waals surface area contributed by atoms with Crippen LogP contribution in [0.15, 0.2) is 42.5 Å². The Morgan fingerprint density at radius 1 is 0.944 bits per heavy atom. The zero-order chi connectivity index (χ0) is 14.0. The maximum absolute atomic E-state index is 8.94. The van der Waals surface area contributed by atoms with E-state index in [-0.39, 0.29) is 12.6 Å². The van der Waals surface area contributed by atoms with Crippen molar-refractivity contribution in [1.82, 2.24) is 0 Å². The highest BCUT2D eigenvalue weighted by Gasteiger charge is 2.03. The lowest BCUT2D eigenvalue weighted by atomic mass is 10.0. The molecule has 0 aliphatic heterocycles. The predicted molar refractivity (Wildman–Crippen MR) is 80.7 cm³/mol. The van der Waals surface area contributed by atoms with Gasteiger partial charge in [0, 0.05) is 0 Å². The van der Waals surface area contributed by atoms with Crippen molar-refractivity contribution in [1.29, 1.82) is 0 Å². The number of hydrogen-bond acceptors (Lipinski definition) is 2. The first-order chi connectivity index (χ1) is 8.81. The van der Waals surface area contributed by atoms with Crippen LogP contribution in [0.4, 0.5) is 0 Å². The molecule has 0 unspecified atom stereocenters. The van der Waals surface area contributed by atoms with Gasteiger partial charge in [-0.1, -0.05) is 64.1 Å². The number of aliphatic hydroxyl groups excluding tert-OH is 1. The second-order valence-electron chi connectivity index (χ2n) is 3.40. The molecule has 0 saturated carbocycles. The fraction of sp³-hybridized carbons (Fsp3) is 0.375. The smallest absolute Gasteiger partial charge is 0.0624 e. The molecule has 1 atom stereocenters. The molecule has 0 fully saturated rings. The number of aliphatic hydroxyl groups is 1. The number of rotatable bonds is 2. The maximum Gasteiger partial charge on any atom is 0.0624 e. The van der Waals surface area contributed by atoms with Gasteiger partial charge >= 0.3 is 0 Å². The molecule has 3 N–H and O–H groups in total. The standard InChI is InChI=1S/C12H13NO.2C2H6/c13-12(8-14)11-6-5-9-3-1-2-4-10(9)7-11;2*1-2/h1-7,12,14H,8,13H2;2*1-2H3/t12-;;/m1../s1. The number of hydrogen-bond donors (Lipinski definition) is 2. The number of benzene rings is 2. The minimum absolute atomic E-state index is 0.0155. The quantitative estimate of drug-likeness (QED) is 0.846. The molecule has 2 aromatic carbocycles. The molecule has 2 nitrogen and oxygen atoms in total. The van der Waals surface area contributed by atoms with Gasteiger partial charge in [-0.2, -0.15) is 0 Å². The Hall–Kier alpha value is -1.38. The van der Waals surface area contributed by atoms with Crippen molar-refractivity contribution >= 4 is 10.8 Å². The van der Waals surface area contributed by atoms with Gasteiger partial charge in [0.05, 0.1) is 12.6 Å². The van der Waals surface area contributed by atoms with E-state index in [9.17, 15) is 0 Å². The Balaban J connectivity index is 0.000000659. The average Bonchev–Trinajstić information content (AvgIpc) is 2.50. The third-order valence-electron chi connectivity index (χ3n) is 2.40. The van der Waals surface area contributed by atoms with Crippen LogP contribution in [-0.4, -0.2) is 11.7 Å². The minimum Gasteiger partial charge on any atom is -0.394 e. The molecule has 0 aromatic heterocycles. The van der Waals surface area contributed by atoms with Gasteiger partial charge in [0.15, 0.2) is 0 Å². The van der Waals surface area contributed by atoms with Crippen LogP contribution in [-0.2, 0) is 0 Å². The third-order valence-corrected chi connectivity index (χ3v) is 2.40. The van der Waals surface area contributed by atoms with Crippen LogP contribution >= 0.6 is 0 Å². The Morgan fingerprint density at radius 2 is 1.50 bits per heavy atom. The number of nitrogens with two attached hydrogens (primary N) is 1. The molecule has 0 aliphatic rings. The normalized spacial score (nSPS) is 10.8. The molecular weight excluding hydrogens is 222 g/mol. The lowest BCUT2D eigenvalue weighted by Crippen LogP contribution is -2.14. The van der Waals surface area contributed by atoms with Crippen molar-refractivity contribution in [2.45, 2.75) is 33.7 Å². The molecule has 2 heteroatoms. The Morgan fingerprint density at radius 3 is 2.06 bits per heavy atom. The Labute approximate surface area is 110 Å². The fourth-order valence-corrected chi connectivity index (χ4v) is 1.54. The summed E-state index contributed by atoms with van der Waals surface area (Å²) in [5.41, 5.74) is 6.71. The van der Waals surface area contributed by atoms with E-state index in [1.807, 2.05) is 64.1 Å². The molecule has 0 bridgehead atoms. The second-order valence-corrected chi connectivity index (χ2v) is 3.40. The topological polar surface area (TPSA) is 46.2 Å². The molecule has 0 radical (unpaired) electrons. The van der Waals surface area contributed by atoms with E-state index in [0.29, 0.717) is 0 Å². The Kier molecular flexibility index (Phi) is 8.89. The summed E-state index contributed by atoms with van der Waals surface area (Å²) in [7, 11) is 0. The highest BCUT2D eigenvalue weighted by molar-refractivity contribution is 5.83. The van der Waals surface area contributed by atoms with Crippen LogP contribution in [0.5, 0.6) is 0 Å². The summed E-state index contributed by atoms with van der Waals surface area (Å²) in [6, 6.07) is 13.8. The molecule has 2 aromatic rings. The van der Waals surface area contributed by atoms with Crippen molar-refractivity contribution in [2.24, 2.45) is 5.73 Å². The van der Waals surface area contributed by atoms with E-state index in [4.69, 9.17) is 10.8 Å². The van der Waals surface area contributed by atoms with Crippen molar-refractivity contribution in [3.05, 3.63) is 48.0 Å². The van der Waals surface area contributed by atoms with Gasteiger partial charge in [-0.15, -0.1) is 0 Å². The molecule has 18 heavy (non-hydrogen) atoms. The third kappa shape index (κ3) is 4.47. The van der Waals surface area contributed by atoms with E-state index in [1.54, 1.807) is 0 Å². The first kappa shape index (κ1) is 16.6. The number of fused-ring (bicyclic) bond motifs is 1. The zero-order valence-corrected chi connectivity index (χ0v) is 11.9. The molecular formula is C16H25NO. The Bertz CT molecular complexity index is 440. The summed E-state index contributed by atoms with van der Waals surface area (Å²) in [5.74, 6) is 0. The van der Waals surface area contributed by atoms with Gasteiger partial charge in [0.25, 0.3) is 0 Å². The van der Waals surface area contributed by atoms with E-state index >= 15 is 0 Å². The lowest BCUT2D eigenvalue weighted by Gasteiger charge is -2.09. The first-order valence-electron chi connectivity index (χ1n) is 6.66. The molecule has 0 heterocycles. The van der Waals surface area contributed by atoms with Gasteiger partial charge in [0.1, 0.15) is 0 Å². The van der Waals surface area contributed by atoms with E-state index in [2.05, 4.69) is 6.07 Å². The van der Waals surface area contributed by atoms with Crippen molar-refractivity contribution < 1.29 is 5.11 Å². The van der Waals surface area contributed by atoms with Crippen LogP contribution < -0.4 is 5.73 Å². The van der Waals surface area contributed by atoms with E-state index < -0.39 is 0 Å². The predicted octanol–water partition coefficient (Wildman–Crippen LogP) is 3.88. The van der Waals surface area contributed by atoms with Crippen LogP contribution in [0.1, 0.15) is 39.3 Å². The summed E-state index contributed by atoms with van der Waals surface area (Å²) < 4.78 is 0. The summed E-state index contributed by atoms with van der Waals surface area (Å²) in [4.78, 5) is 0. The average molecular weight is 247 g/mol. The zero-order valence-electron chi connectivity index (χ0n) is 11.9. The molecule has 0 aliphatic carbocycles. The first-order valence-corrected chi connectivity index (χ1v) is 6.66. The summed E-state index contributed by atoms with van der Waals surface area (Å²) in [5, 5.41) is 11.3. The van der Waals surface area contributed by atoms with Gasteiger partial charge in [-0.3, -0.25) is 0 Å². The van der Waals surface area contributed by atoms with Gasteiger partial charge < -0.3 is 10.8 Å². The highest BCUT2D eigenvalue weighted by Crippen LogP contribution is 2.18. The van der Waals surface area contributed by atoms with Crippen LogP contribution in [0.3, 0.4) is 0 Å². The minimum atomic E-state index is -0.278. The van der Waals surface area contributed by atoms with Crippen molar-refractivity contribution in [3.63, 3.8) is 0 Å². The second kappa shape index (κ2) is 9.63. The van der Waals surface area contributed by atoms with E-state index in [1.165, 1.54) is 5.39 Å². The summed E-state index contributed by atoms with van der Waals surface area (Å²) in [6.07, 6.45) is 0. The largest absolute Gasteiger partial charge is 0.394 e. The van der Waals surface area contributed by atoms with Gasteiger partial charge in [-0.05, 0) is 22.4 Å². The highest BCUT2D eigenvalue weighted by atomic mass is 16.3. The van der Waals surface area contributed by atoms with Crippen molar-refractivity contribution in [2.75, 3.05) is 6.61 Å². The van der Waals surface area contributed by atoms with Gasteiger partial charge in [0.2, 0.25) is 0 Å². The monoisotopic (exact) mass is 247 g/mol. The van der Waals surface area contributed by atoms with Gasteiger partial charge in [-0.25, -0.2) is 0 Å². The van der Waals surface area contributed by atoms with Crippen LogP contribution in [0, 0.1) is 0 Å².